The molecule has 0 aromatic heterocycles. The topological polar surface area (TPSA) is 21.3 Å². The molecule has 0 aromatic carbocycles. The van der Waals surface area contributed by atoms with Crippen LogP contribution in [0.3, 0.4) is 0 Å². The molecule has 0 spiro atoms. The molecule has 0 rings (SSSR count). The van der Waals surface area contributed by atoms with Gasteiger partial charge in [0.1, 0.15) is 0 Å². The monoisotopic (exact) mass is 173 g/mol. The summed E-state index contributed by atoms with van der Waals surface area (Å²) >= 11 is 0. The first kappa shape index (κ1) is 11.9. The lowest BCUT2D eigenvalue weighted by Gasteiger charge is -2.16. The van der Waals surface area contributed by atoms with E-state index >= 15 is 0 Å². The van der Waals surface area contributed by atoms with Crippen molar-refractivity contribution in [2.75, 3.05) is 19.7 Å². The van der Waals surface area contributed by atoms with Crippen LogP contribution >= 0.6 is 0 Å². The number of likely N-dealkylation sites (N-methyl/N-ethyl adjacent to an activating group) is 1. The largest absolute Gasteiger partial charge is 0.377 e. The fraction of sp³-hybridized carbons (Fsp3) is 1.00. The summed E-state index contributed by atoms with van der Waals surface area (Å²) in [4.78, 5) is 0. The molecule has 74 valence electrons. The number of nitrogens with one attached hydrogen (secondary N) is 1. The molecule has 2 nitrogen and oxygen atoms in total. The van der Waals surface area contributed by atoms with Crippen LogP contribution in [-0.4, -0.2) is 25.8 Å². The zero-order valence-corrected chi connectivity index (χ0v) is 8.73. The van der Waals surface area contributed by atoms with E-state index in [9.17, 15) is 0 Å². The van der Waals surface area contributed by atoms with E-state index in [0.29, 0.717) is 6.10 Å². The van der Waals surface area contributed by atoms with Crippen molar-refractivity contribution in [3.8, 4) is 0 Å². The normalized spacial score (nSPS) is 13.2. The Hall–Kier alpha value is -0.0800. The highest BCUT2D eigenvalue weighted by Gasteiger charge is 2.05. The smallest absolute Gasteiger partial charge is 0.0699 e. The van der Waals surface area contributed by atoms with Gasteiger partial charge in [-0.25, -0.2) is 0 Å². The summed E-state index contributed by atoms with van der Waals surface area (Å²) in [6.45, 7) is 9.42. The van der Waals surface area contributed by atoms with Gasteiger partial charge in [0, 0.05) is 13.2 Å². The maximum Gasteiger partial charge on any atom is 0.0699 e. The molecule has 2 heteroatoms. The van der Waals surface area contributed by atoms with Gasteiger partial charge in [-0.05, 0) is 19.4 Å². The van der Waals surface area contributed by atoms with E-state index in [1.165, 1.54) is 12.8 Å². The van der Waals surface area contributed by atoms with Gasteiger partial charge in [-0.15, -0.1) is 0 Å². The molecule has 1 atom stereocenters. The second kappa shape index (κ2) is 9.01. The summed E-state index contributed by atoms with van der Waals surface area (Å²) < 4.78 is 5.67. The Bertz CT molecular complexity index is 77.9. The van der Waals surface area contributed by atoms with Gasteiger partial charge in [-0.3, -0.25) is 0 Å². The van der Waals surface area contributed by atoms with E-state index in [4.69, 9.17) is 4.74 Å². The van der Waals surface area contributed by atoms with Crippen molar-refractivity contribution in [2.45, 2.75) is 46.1 Å². The average Bonchev–Trinajstić information content (AvgIpc) is 2.10. The Balaban J connectivity index is 3.40. The molecule has 12 heavy (non-hydrogen) atoms. The predicted molar refractivity (Wildman–Crippen MR) is 53.5 cm³/mol. The predicted octanol–water partition coefficient (Wildman–Crippen LogP) is 2.19. The molecule has 0 aliphatic rings. The molecule has 0 aromatic rings. The minimum Gasteiger partial charge on any atom is -0.377 e. The van der Waals surface area contributed by atoms with Crippen molar-refractivity contribution in [2.24, 2.45) is 0 Å². The molecule has 1 N–H and O–H groups in total. The van der Waals surface area contributed by atoms with E-state index in [1.807, 2.05) is 0 Å². The van der Waals surface area contributed by atoms with Crippen LogP contribution in [0.15, 0.2) is 0 Å². The lowest BCUT2D eigenvalue weighted by molar-refractivity contribution is 0.0478. The van der Waals surface area contributed by atoms with E-state index in [1.54, 1.807) is 0 Å². The molecule has 0 radical (unpaired) electrons. The molecule has 1 unspecified atom stereocenters. The maximum atomic E-state index is 5.67. The molecule has 0 aliphatic carbocycles. The Morgan fingerprint density at radius 3 is 2.42 bits per heavy atom. The summed E-state index contributed by atoms with van der Waals surface area (Å²) in [5.74, 6) is 0. The van der Waals surface area contributed by atoms with Crippen LogP contribution in [0, 0.1) is 0 Å². The Morgan fingerprint density at radius 1 is 1.17 bits per heavy atom. The van der Waals surface area contributed by atoms with Gasteiger partial charge < -0.3 is 10.1 Å². The van der Waals surface area contributed by atoms with Crippen LogP contribution < -0.4 is 5.32 Å². The Kier molecular flexibility index (Phi) is 8.95. The van der Waals surface area contributed by atoms with Crippen LogP contribution in [0.4, 0.5) is 0 Å². The van der Waals surface area contributed by atoms with Crippen molar-refractivity contribution in [1.29, 1.82) is 0 Å². The van der Waals surface area contributed by atoms with E-state index in [2.05, 4.69) is 26.1 Å². The zero-order chi connectivity index (χ0) is 9.23. The summed E-state index contributed by atoms with van der Waals surface area (Å²) in [6, 6.07) is 0. The molecule has 0 saturated carbocycles. The highest BCUT2D eigenvalue weighted by Crippen LogP contribution is 2.01. The minimum atomic E-state index is 0.426. The van der Waals surface area contributed by atoms with Gasteiger partial charge in [-0.2, -0.15) is 0 Å². The van der Waals surface area contributed by atoms with Crippen molar-refractivity contribution in [3.63, 3.8) is 0 Å². The molecular formula is C10H23NO. The molecule has 0 fully saturated rings. The van der Waals surface area contributed by atoms with Crippen molar-refractivity contribution in [3.05, 3.63) is 0 Å². The fourth-order valence-corrected chi connectivity index (χ4v) is 1.16. The molecule has 0 bridgehead atoms. The van der Waals surface area contributed by atoms with Gasteiger partial charge >= 0.3 is 0 Å². The third-order valence-electron chi connectivity index (χ3n) is 1.79. The van der Waals surface area contributed by atoms with E-state index in [-0.39, 0.29) is 0 Å². The van der Waals surface area contributed by atoms with Crippen molar-refractivity contribution >= 4 is 0 Å². The van der Waals surface area contributed by atoms with Gasteiger partial charge in [0.15, 0.2) is 0 Å². The van der Waals surface area contributed by atoms with Gasteiger partial charge in [-0.1, -0.05) is 27.2 Å². The summed E-state index contributed by atoms with van der Waals surface area (Å²) in [6.07, 6.45) is 3.92. The standard InChI is InChI=1S/C10H23NO/c1-4-7-10(9-11-6-3)12-8-5-2/h10-11H,4-9H2,1-3H3. The minimum absolute atomic E-state index is 0.426. The number of hydrogen-bond acceptors (Lipinski definition) is 2. The highest BCUT2D eigenvalue weighted by atomic mass is 16.5. The van der Waals surface area contributed by atoms with Crippen LogP contribution in [0.1, 0.15) is 40.0 Å². The SMILES string of the molecule is CCCOC(CCC)CNCC. The summed E-state index contributed by atoms with van der Waals surface area (Å²) in [7, 11) is 0. The second-order valence-electron chi connectivity index (χ2n) is 3.09. The fourth-order valence-electron chi connectivity index (χ4n) is 1.16. The van der Waals surface area contributed by atoms with Crippen molar-refractivity contribution in [1.82, 2.24) is 5.32 Å². The molecule has 0 heterocycles. The summed E-state index contributed by atoms with van der Waals surface area (Å²) in [5, 5.41) is 3.32. The number of ether oxygens (including phenoxy) is 1. The van der Waals surface area contributed by atoms with Gasteiger partial charge in [0.2, 0.25) is 0 Å². The van der Waals surface area contributed by atoms with Gasteiger partial charge in [0.25, 0.3) is 0 Å². The van der Waals surface area contributed by atoms with Crippen LogP contribution in [0.5, 0.6) is 0 Å². The molecule has 0 aliphatic heterocycles. The first-order valence-corrected chi connectivity index (χ1v) is 5.17. The average molecular weight is 173 g/mol. The second-order valence-corrected chi connectivity index (χ2v) is 3.09. The number of hydrogen-bond donors (Lipinski definition) is 1. The zero-order valence-electron chi connectivity index (χ0n) is 8.73. The third kappa shape index (κ3) is 6.62. The quantitative estimate of drug-likeness (QED) is 0.607. The van der Waals surface area contributed by atoms with Crippen LogP contribution in [0.2, 0.25) is 0 Å². The lowest BCUT2D eigenvalue weighted by atomic mass is 10.2. The molecule has 0 saturated heterocycles. The molecule has 0 amide bonds. The summed E-state index contributed by atoms with van der Waals surface area (Å²) in [5.41, 5.74) is 0. The van der Waals surface area contributed by atoms with Gasteiger partial charge in [0.05, 0.1) is 6.10 Å². The Labute approximate surface area is 76.7 Å². The highest BCUT2D eigenvalue weighted by molar-refractivity contribution is 4.60. The third-order valence-corrected chi connectivity index (χ3v) is 1.79. The van der Waals surface area contributed by atoms with Crippen LogP contribution in [0.25, 0.3) is 0 Å². The first-order chi connectivity index (χ1) is 5.85. The Morgan fingerprint density at radius 2 is 1.92 bits per heavy atom. The number of rotatable bonds is 8. The molecular weight excluding hydrogens is 150 g/mol. The van der Waals surface area contributed by atoms with Crippen molar-refractivity contribution < 1.29 is 4.74 Å². The maximum absolute atomic E-state index is 5.67. The van der Waals surface area contributed by atoms with E-state index in [0.717, 1.165) is 26.1 Å². The first-order valence-electron chi connectivity index (χ1n) is 5.17. The van der Waals surface area contributed by atoms with Crippen LogP contribution in [-0.2, 0) is 4.74 Å². The van der Waals surface area contributed by atoms with E-state index < -0.39 is 0 Å². The lowest BCUT2D eigenvalue weighted by Crippen LogP contribution is -2.29.